The smallest absolute Gasteiger partial charge is 0.374 e. The highest BCUT2D eigenvalue weighted by atomic mass is 28.4. The van der Waals surface area contributed by atoms with Gasteiger partial charge in [-0.15, -0.1) is 0 Å². The van der Waals surface area contributed by atoms with Crippen LogP contribution in [0.5, 0.6) is 0 Å². The summed E-state index contributed by atoms with van der Waals surface area (Å²) in [4.78, 5) is 0. The average Bonchev–Trinajstić information content (AvgIpc) is 2.30. The Morgan fingerprint density at radius 2 is 1.53 bits per heavy atom. The van der Waals surface area contributed by atoms with Crippen molar-refractivity contribution in [3.05, 3.63) is 6.92 Å². The van der Waals surface area contributed by atoms with Gasteiger partial charge in [0.05, 0.1) is 0 Å². The lowest BCUT2D eigenvalue weighted by Crippen LogP contribution is -2.45. The van der Waals surface area contributed by atoms with Crippen molar-refractivity contribution >= 4 is 19.0 Å². The molecule has 3 nitrogen and oxygen atoms in total. The minimum absolute atomic E-state index is 0.672. The molecule has 1 radical (unpaired) electrons. The molecule has 0 spiro atoms. The molecule has 0 heterocycles. The first-order valence-corrected chi connectivity index (χ1v) is 9.93. The van der Waals surface area contributed by atoms with E-state index >= 15 is 0 Å². The highest BCUT2D eigenvalue weighted by Gasteiger charge is 2.39. The van der Waals surface area contributed by atoms with Crippen molar-refractivity contribution in [1.82, 2.24) is 0 Å². The van der Waals surface area contributed by atoms with Crippen molar-refractivity contribution in [3.63, 3.8) is 0 Å². The summed E-state index contributed by atoms with van der Waals surface area (Å²) < 4.78 is 17.4. The molecule has 0 aliphatic rings. The minimum atomic E-state index is -2.38. The molecule has 0 aliphatic heterocycles. The largest absolute Gasteiger partial charge is 0.500 e. The van der Waals surface area contributed by atoms with Crippen LogP contribution in [0.4, 0.5) is 0 Å². The van der Waals surface area contributed by atoms with E-state index in [0.717, 1.165) is 24.4 Å². The van der Waals surface area contributed by atoms with Gasteiger partial charge in [-0.3, -0.25) is 0 Å². The van der Waals surface area contributed by atoms with E-state index in [1.54, 1.807) is 0 Å². The van der Waals surface area contributed by atoms with Crippen LogP contribution in [-0.4, -0.2) is 38.9 Å². The predicted molar refractivity (Wildman–Crippen MR) is 78.3 cm³/mol. The first-order valence-electron chi connectivity index (χ1n) is 6.85. The van der Waals surface area contributed by atoms with Crippen LogP contribution in [0.15, 0.2) is 0 Å². The third-order valence-electron chi connectivity index (χ3n) is 2.77. The van der Waals surface area contributed by atoms with E-state index < -0.39 is 8.80 Å². The topological polar surface area (TPSA) is 27.7 Å². The van der Waals surface area contributed by atoms with E-state index in [1.807, 2.05) is 20.8 Å². The fourth-order valence-corrected chi connectivity index (χ4v) is 4.86. The van der Waals surface area contributed by atoms with Crippen LogP contribution < -0.4 is 0 Å². The van der Waals surface area contributed by atoms with Crippen LogP contribution in [0.2, 0.25) is 11.6 Å². The first kappa shape index (κ1) is 17.3. The molecular formula is C12H29O3Si2. The maximum absolute atomic E-state index is 5.82. The van der Waals surface area contributed by atoms with Crippen molar-refractivity contribution < 1.29 is 13.3 Å². The van der Waals surface area contributed by atoms with Crippen LogP contribution in [-0.2, 0) is 13.3 Å². The third-order valence-corrected chi connectivity index (χ3v) is 7.07. The first-order chi connectivity index (χ1) is 8.14. The molecule has 5 heteroatoms. The zero-order valence-corrected chi connectivity index (χ0v) is 15.0. The lowest BCUT2D eigenvalue weighted by Gasteiger charge is -2.28. The Kier molecular flexibility index (Phi) is 10.4. The van der Waals surface area contributed by atoms with Crippen LogP contribution >= 0.6 is 0 Å². The molecule has 103 valence electrons. The summed E-state index contributed by atoms with van der Waals surface area (Å²) in [5, 5.41) is 0. The summed E-state index contributed by atoms with van der Waals surface area (Å²) in [7, 11) is -1.15. The molecule has 0 aromatic carbocycles. The van der Waals surface area contributed by atoms with E-state index in [2.05, 4.69) is 6.92 Å². The van der Waals surface area contributed by atoms with Gasteiger partial charge in [0, 0.05) is 36.1 Å². The third kappa shape index (κ3) is 7.36. The average molecular weight is 278 g/mol. The molecular weight excluding hydrogens is 248 g/mol. The fourth-order valence-electron chi connectivity index (χ4n) is 1.81. The molecule has 0 saturated heterocycles. The molecule has 0 aromatic heterocycles. The summed E-state index contributed by atoms with van der Waals surface area (Å²) in [5.74, 6) is 0. The number of rotatable bonds is 11. The van der Waals surface area contributed by atoms with Gasteiger partial charge in [-0.05, 0) is 27.2 Å². The molecule has 0 fully saturated rings. The molecule has 0 amide bonds. The van der Waals surface area contributed by atoms with Crippen molar-refractivity contribution in [2.75, 3.05) is 19.8 Å². The predicted octanol–water partition coefficient (Wildman–Crippen LogP) is 2.19. The van der Waals surface area contributed by atoms with Gasteiger partial charge in [-0.1, -0.05) is 25.3 Å². The van der Waals surface area contributed by atoms with E-state index in [1.165, 1.54) is 16.7 Å². The minimum Gasteiger partial charge on any atom is -0.374 e. The summed E-state index contributed by atoms with van der Waals surface area (Å²) in [5.41, 5.74) is 0.812. The number of hydrogen-bond acceptors (Lipinski definition) is 3. The molecule has 17 heavy (non-hydrogen) atoms. The van der Waals surface area contributed by atoms with Gasteiger partial charge in [0.25, 0.3) is 0 Å². The zero-order valence-electron chi connectivity index (χ0n) is 12.0. The van der Waals surface area contributed by atoms with Crippen LogP contribution in [0, 0.1) is 6.92 Å². The van der Waals surface area contributed by atoms with Gasteiger partial charge >= 0.3 is 8.80 Å². The van der Waals surface area contributed by atoms with Gasteiger partial charge in [0.2, 0.25) is 0 Å². The monoisotopic (exact) mass is 277 g/mol. The Morgan fingerprint density at radius 1 is 1.06 bits per heavy atom. The number of hydrogen-bond donors (Lipinski definition) is 0. The Bertz CT molecular complexity index is 162. The summed E-state index contributed by atoms with van der Waals surface area (Å²) in [6.07, 6.45) is 3.42. The van der Waals surface area contributed by atoms with Crippen molar-refractivity contribution in [2.45, 2.75) is 51.6 Å². The molecule has 0 saturated carbocycles. The van der Waals surface area contributed by atoms with Crippen molar-refractivity contribution in [3.8, 4) is 0 Å². The van der Waals surface area contributed by atoms with Crippen LogP contribution in [0.3, 0.4) is 0 Å². The van der Waals surface area contributed by atoms with Gasteiger partial charge in [-0.2, -0.15) is 0 Å². The van der Waals surface area contributed by atoms with Gasteiger partial charge in [0.1, 0.15) is 0 Å². The normalized spacial score (nSPS) is 14.1. The highest BCUT2D eigenvalue weighted by Crippen LogP contribution is 2.22. The van der Waals surface area contributed by atoms with E-state index in [9.17, 15) is 0 Å². The van der Waals surface area contributed by atoms with Crippen molar-refractivity contribution in [2.24, 2.45) is 0 Å². The molecule has 0 aliphatic carbocycles. The second-order valence-electron chi connectivity index (χ2n) is 4.27. The molecule has 0 N–H and O–H groups in total. The molecule has 0 rings (SSSR count). The van der Waals surface area contributed by atoms with E-state index in [-0.39, 0.29) is 0 Å². The van der Waals surface area contributed by atoms with Crippen molar-refractivity contribution in [1.29, 1.82) is 0 Å². The maximum atomic E-state index is 5.82. The lowest BCUT2D eigenvalue weighted by atomic mass is 10.2. The molecule has 1 atom stereocenters. The van der Waals surface area contributed by atoms with Gasteiger partial charge < -0.3 is 13.3 Å². The summed E-state index contributed by atoms with van der Waals surface area (Å²) >= 11 is 0. The second-order valence-corrected chi connectivity index (χ2v) is 8.63. The SMILES string of the molecule is [CH2]CC([SiH3])CCC[Si](OCC)(OCC)OCC. The Morgan fingerprint density at radius 3 is 1.88 bits per heavy atom. The quantitative estimate of drug-likeness (QED) is 0.542. The Balaban J connectivity index is 4.23. The van der Waals surface area contributed by atoms with Gasteiger partial charge in [0.15, 0.2) is 0 Å². The van der Waals surface area contributed by atoms with E-state index in [4.69, 9.17) is 13.3 Å². The van der Waals surface area contributed by atoms with Crippen LogP contribution in [0.25, 0.3) is 0 Å². The Labute approximate surface area is 111 Å². The summed E-state index contributed by atoms with van der Waals surface area (Å²) in [6.45, 7) is 12.0. The lowest BCUT2D eigenvalue weighted by molar-refractivity contribution is 0.0706. The van der Waals surface area contributed by atoms with Gasteiger partial charge in [-0.25, -0.2) is 0 Å². The molecule has 1 unspecified atom stereocenters. The van der Waals surface area contributed by atoms with E-state index in [0.29, 0.717) is 19.8 Å². The standard InChI is InChI=1S/C12H29O3Si2/c1-5-12(16)10-9-11-17(13-6-2,14-7-3)15-8-4/h12H,1,5-11H2,2-4,16H3. The van der Waals surface area contributed by atoms with Crippen LogP contribution in [0.1, 0.15) is 40.0 Å². The Hall–Kier alpha value is 0.314. The fraction of sp³-hybridized carbons (Fsp3) is 0.917. The maximum Gasteiger partial charge on any atom is 0.500 e. The molecule has 0 aromatic rings. The zero-order chi connectivity index (χ0) is 13.1. The summed E-state index contributed by atoms with van der Waals surface area (Å²) in [6, 6.07) is 0.946. The highest BCUT2D eigenvalue weighted by molar-refractivity contribution is 6.60. The second kappa shape index (κ2) is 10.3. The molecule has 0 bridgehead atoms.